The normalized spacial score (nSPS) is 29.4. The first-order chi connectivity index (χ1) is 14.0. The largest absolute Gasteiger partial charge is 0.497 e. The zero-order valence-corrected chi connectivity index (χ0v) is 17.5. The highest BCUT2D eigenvalue weighted by atomic mass is 16.5. The van der Waals surface area contributed by atoms with Crippen LogP contribution in [0.4, 0.5) is 0 Å². The van der Waals surface area contributed by atoms with E-state index < -0.39 is 0 Å². The molecule has 4 fully saturated rings. The van der Waals surface area contributed by atoms with Gasteiger partial charge in [-0.05, 0) is 80.5 Å². The number of methoxy groups -OCH3 is 1. The molecule has 2 amide bonds. The standard InChI is InChI=1S/C23H32N2O4/c1-25(7-8-29-20-5-3-19(28-2)4-6-20)21(26)15-24-22(27)23-12-16-9-17(13-23)11-18(10-16)14-23/h3-6,16-18H,7-15H2,1-2H3,(H,24,27). The van der Waals surface area contributed by atoms with Gasteiger partial charge in [0.15, 0.2) is 0 Å². The number of likely N-dealkylation sites (N-methyl/N-ethyl adjacent to an activating group) is 1. The number of amides is 2. The molecule has 1 aromatic carbocycles. The van der Waals surface area contributed by atoms with Crippen LogP contribution in [-0.2, 0) is 9.59 Å². The van der Waals surface area contributed by atoms with Gasteiger partial charge in [-0.15, -0.1) is 0 Å². The Balaban J connectivity index is 1.20. The summed E-state index contributed by atoms with van der Waals surface area (Å²) in [5.41, 5.74) is -0.203. The number of benzene rings is 1. The Labute approximate surface area is 172 Å². The van der Waals surface area contributed by atoms with Crippen molar-refractivity contribution < 1.29 is 19.1 Å². The molecule has 5 rings (SSSR count). The molecule has 0 aromatic heterocycles. The molecular formula is C23H32N2O4. The van der Waals surface area contributed by atoms with Crippen molar-refractivity contribution in [3.63, 3.8) is 0 Å². The first kappa shape index (κ1) is 20.0. The van der Waals surface area contributed by atoms with E-state index in [4.69, 9.17) is 9.47 Å². The number of hydrogen-bond donors (Lipinski definition) is 1. The third kappa shape index (κ3) is 4.36. The second-order valence-electron chi connectivity index (χ2n) is 9.22. The van der Waals surface area contributed by atoms with Crippen LogP contribution in [0.2, 0.25) is 0 Å². The average molecular weight is 401 g/mol. The lowest BCUT2D eigenvalue weighted by Gasteiger charge is -2.55. The first-order valence-electron chi connectivity index (χ1n) is 10.8. The molecule has 0 radical (unpaired) electrons. The van der Waals surface area contributed by atoms with Crippen molar-refractivity contribution in [3.05, 3.63) is 24.3 Å². The van der Waals surface area contributed by atoms with E-state index in [9.17, 15) is 9.59 Å². The maximum atomic E-state index is 13.0. The minimum atomic E-state index is -0.203. The van der Waals surface area contributed by atoms with E-state index in [2.05, 4.69) is 5.32 Å². The molecule has 0 heterocycles. The molecule has 6 nitrogen and oxygen atoms in total. The predicted octanol–water partition coefficient (Wildman–Crippen LogP) is 2.87. The Morgan fingerprint density at radius 1 is 1.03 bits per heavy atom. The molecule has 4 aliphatic carbocycles. The second-order valence-corrected chi connectivity index (χ2v) is 9.22. The highest BCUT2D eigenvalue weighted by Gasteiger charge is 2.54. The van der Waals surface area contributed by atoms with Gasteiger partial charge < -0.3 is 19.7 Å². The minimum Gasteiger partial charge on any atom is -0.497 e. The lowest BCUT2D eigenvalue weighted by molar-refractivity contribution is -0.147. The maximum Gasteiger partial charge on any atom is 0.241 e. The summed E-state index contributed by atoms with van der Waals surface area (Å²) >= 11 is 0. The summed E-state index contributed by atoms with van der Waals surface area (Å²) in [7, 11) is 3.37. The summed E-state index contributed by atoms with van der Waals surface area (Å²) < 4.78 is 10.8. The second kappa shape index (κ2) is 8.25. The van der Waals surface area contributed by atoms with Gasteiger partial charge in [-0.2, -0.15) is 0 Å². The highest BCUT2D eigenvalue weighted by molar-refractivity contribution is 5.88. The van der Waals surface area contributed by atoms with Crippen LogP contribution in [0, 0.1) is 23.2 Å². The van der Waals surface area contributed by atoms with Crippen molar-refractivity contribution >= 4 is 11.8 Å². The number of carbonyl (C=O) groups is 2. The monoisotopic (exact) mass is 400 g/mol. The summed E-state index contributed by atoms with van der Waals surface area (Å²) in [6.07, 6.45) is 6.98. The highest BCUT2D eigenvalue weighted by Crippen LogP contribution is 2.60. The van der Waals surface area contributed by atoms with Gasteiger partial charge in [-0.1, -0.05) is 0 Å². The average Bonchev–Trinajstić information content (AvgIpc) is 2.71. The van der Waals surface area contributed by atoms with Crippen molar-refractivity contribution in [2.24, 2.45) is 23.2 Å². The van der Waals surface area contributed by atoms with E-state index in [0.717, 1.165) is 48.5 Å². The Morgan fingerprint density at radius 2 is 1.59 bits per heavy atom. The van der Waals surface area contributed by atoms with E-state index >= 15 is 0 Å². The number of hydrogen-bond acceptors (Lipinski definition) is 4. The number of ether oxygens (including phenoxy) is 2. The molecule has 4 bridgehead atoms. The van der Waals surface area contributed by atoms with Crippen LogP contribution in [0.3, 0.4) is 0 Å². The van der Waals surface area contributed by atoms with E-state index in [1.807, 2.05) is 24.3 Å². The number of nitrogens with one attached hydrogen (secondary N) is 1. The fraction of sp³-hybridized carbons (Fsp3) is 0.652. The minimum absolute atomic E-state index is 0.0691. The fourth-order valence-corrected chi connectivity index (χ4v) is 5.96. The third-order valence-electron chi connectivity index (χ3n) is 7.10. The Morgan fingerprint density at radius 3 is 2.14 bits per heavy atom. The van der Waals surface area contributed by atoms with Gasteiger partial charge in [-0.25, -0.2) is 0 Å². The Kier molecular flexibility index (Phi) is 5.70. The lowest BCUT2D eigenvalue weighted by atomic mass is 9.49. The molecule has 4 aliphatic rings. The van der Waals surface area contributed by atoms with Gasteiger partial charge in [0.05, 0.1) is 20.2 Å². The summed E-state index contributed by atoms with van der Waals surface area (Å²) in [6.45, 7) is 0.940. The van der Waals surface area contributed by atoms with Crippen molar-refractivity contribution in [1.29, 1.82) is 0 Å². The quantitative estimate of drug-likeness (QED) is 0.729. The summed E-state index contributed by atoms with van der Waals surface area (Å²) in [5.74, 6) is 3.71. The van der Waals surface area contributed by atoms with E-state index in [1.165, 1.54) is 19.3 Å². The molecule has 158 valence electrons. The van der Waals surface area contributed by atoms with Crippen molar-refractivity contribution in [2.75, 3.05) is 33.9 Å². The van der Waals surface area contributed by atoms with Gasteiger partial charge in [0, 0.05) is 12.5 Å². The SMILES string of the molecule is COc1ccc(OCCN(C)C(=O)CNC(=O)C23CC4CC(CC(C4)C2)C3)cc1. The van der Waals surface area contributed by atoms with Gasteiger partial charge >= 0.3 is 0 Å². The molecule has 0 saturated heterocycles. The van der Waals surface area contributed by atoms with Crippen LogP contribution in [0.1, 0.15) is 38.5 Å². The van der Waals surface area contributed by atoms with Gasteiger partial charge in [0.2, 0.25) is 11.8 Å². The maximum absolute atomic E-state index is 13.0. The lowest BCUT2D eigenvalue weighted by Crippen LogP contribution is -2.54. The van der Waals surface area contributed by atoms with Crippen LogP contribution in [0.25, 0.3) is 0 Å². The Hall–Kier alpha value is -2.24. The molecule has 0 aliphatic heterocycles. The number of rotatable bonds is 8. The molecule has 0 unspecified atom stereocenters. The molecule has 1 aromatic rings. The molecular weight excluding hydrogens is 368 g/mol. The van der Waals surface area contributed by atoms with Crippen LogP contribution in [0.15, 0.2) is 24.3 Å². The van der Waals surface area contributed by atoms with Crippen molar-refractivity contribution in [3.8, 4) is 11.5 Å². The van der Waals surface area contributed by atoms with Gasteiger partial charge in [0.1, 0.15) is 18.1 Å². The summed E-state index contributed by atoms with van der Waals surface area (Å²) in [5, 5.41) is 2.96. The van der Waals surface area contributed by atoms with Crippen molar-refractivity contribution in [2.45, 2.75) is 38.5 Å². The predicted molar refractivity (Wildman–Crippen MR) is 110 cm³/mol. The van der Waals surface area contributed by atoms with Crippen LogP contribution < -0.4 is 14.8 Å². The van der Waals surface area contributed by atoms with Gasteiger partial charge in [0.25, 0.3) is 0 Å². The van der Waals surface area contributed by atoms with E-state index in [0.29, 0.717) is 13.2 Å². The topological polar surface area (TPSA) is 67.9 Å². The fourth-order valence-electron chi connectivity index (χ4n) is 5.96. The van der Waals surface area contributed by atoms with Crippen LogP contribution >= 0.6 is 0 Å². The number of nitrogens with zero attached hydrogens (tertiary/aromatic N) is 1. The molecule has 4 saturated carbocycles. The smallest absolute Gasteiger partial charge is 0.241 e. The van der Waals surface area contributed by atoms with Crippen LogP contribution in [0.5, 0.6) is 11.5 Å². The molecule has 29 heavy (non-hydrogen) atoms. The summed E-state index contributed by atoms with van der Waals surface area (Å²) in [4.78, 5) is 27.0. The van der Waals surface area contributed by atoms with Crippen LogP contribution in [-0.4, -0.2) is 50.6 Å². The zero-order chi connectivity index (χ0) is 20.4. The molecule has 6 heteroatoms. The first-order valence-corrected chi connectivity index (χ1v) is 10.8. The van der Waals surface area contributed by atoms with Gasteiger partial charge in [-0.3, -0.25) is 9.59 Å². The summed E-state index contributed by atoms with van der Waals surface area (Å²) in [6, 6.07) is 7.35. The molecule has 1 N–H and O–H groups in total. The molecule has 0 atom stereocenters. The van der Waals surface area contributed by atoms with E-state index in [1.54, 1.807) is 19.1 Å². The molecule has 0 spiro atoms. The number of carbonyl (C=O) groups excluding carboxylic acids is 2. The van der Waals surface area contributed by atoms with Crippen molar-refractivity contribution in [1.82, 2.24) is 10.2 Å². The zero-order valence-electron chi connectivity index (χ0n) is 17.5. The van der Waals surface area contributed by atoms with E-state index in [-0.39, 0.29) is 23.8 Å². The Bertz CT molecular complexity index is 710. The third-order valence-corrected chi connectivity index (χ3v) is 7.10.